The van der Waals surface area contributed by atoms with Crippen molar-refractivity contribution in [2.24, 2.45) is 0 Å². The number of hydrogen-bond acceptors (Lipinski definition) is 5. The molecule has 0 bridgehead atoms. The fourth-order valence-corrected chi connectivity index (χ4v) is 4.44. The van der Waals surface area contributed by atoms with Crippen LogP contribution in [0.3, 0.4) is 0 Å². The molecule has 0 aliphatic carbocycles. The maximum Gasteiger partial charge on any atom is 0.416 e. The zero-order valence-corrected chi connectivity index (χ0v) is 33.5. The van der Waals surface area contributed by atoms with Gasteiger partial charge in [0.25, 0.3) is 5.91 Å². The molecule has 1 N–H and O–H groups in total. The van der Waals surface area contributed by atoms with Gasteiger partial charge < -0.3 is 15.0 Å². The van der Waals surface area contributed by atoms with Crippen LogP contribution in [-0.2, 0) is 17.5 Å². The molecule has 0 saturated carbocycles. The van der Waals surface area contributed by atoms with Crippen molar-refractivity contribution in [3.63, 3.8) is 0 Å². The highest BCUT2D eigenvalue weighted by atomic mass is 19.4. The number of likely N-dealkylation sites (N-methyl/N-ethyl adjacent to an activating group) is 1. The number of hydrogen-bond donors (Lipinski definition) is 1. The summed E-state index contributed by atoms with van der Waals surface area (Å²) >= 11 is 0. The van der Waals surface area contributed by atoms with Crippen molar-refractivity contribution in [3.8, 4) is 16.9 Å². The number of halogens is 4. The highest BCUT2D eigenvalue weighted by Gasteiger charge is 2.34. The van der Waals surface area contributed by atoms with E-state index < -0.39 is 30.1 Å². The van der Waals surface area contributed by atoms with Crippen molar-refractivity contribution < 1.29 is 27.1 Å². The van der Waals surface area contributed by atoms with Crippen LogP contribution in [0.1, 0.15) is 106 Å². The Bertz CT molecular complexity index is 1330. The Labute approximate surface area is 312 Å². The van der Waals surface area contributed by atoms with E-state index in [1.165, 1.54) is 43.5 Å². The summed E-state index contributed by atoms with van der Waals surface area (Å²) in [5.74, 6) is -1.51. The van der Waals surface area contributed by atoms with Crippen LogP contribution in [0.2, 0.25) is 0 Å². The highest BCUT2D eigenvalue weighted by Crippen LogP contribution is 2.34. The number of rotatable bonds is 10. The molecule has 0 unspecified atom stereocenters. The molecular formula is C42H66F4N4O2. The molecule has 1 aliphatic heterocycles. The van der Waals surface area contributed by atoms with Crippen molar-refractivity contribution in [2.75, 3.05) is 44.6 Å². The van der Waals surface area contributed by atoms with Gasteiger partial charge >= 0.3 is 6.18 Å². The fourth-order valence-electron chi connectivity index (χ4n) is 4.44. The number of pyridine rings is 1. The smallest absolute Gasteiger partial charge is 0.416 e. The molecule has 0 radical (unpaired) electrons. The molecule has 1 aromatic heterocycles. The van der Waals surface area contributed by atoms with Crippen molar-refractivity contribution in [2.45, 2.75) is 108 Å². The van der Waals surface area contributed by atoms with Crippen molar-refractivity contribution in [1.82, 2.24) is 14.8 Å². The van der Waals surface area contributed by atoms with Crippen molar-refractivity contribution in [3.05, 3.63) is 90.5 Å². The Kier molecular flexibility index (Phi) is 29.8. The number of anilines is 1. The number of ether oxygens (including phenoxy) is 1. The van der Waals surface area contributed by atoms with Crippen LogP contribution < -0.4 is 10.1 Å². The van der Waals surface area contributed by atoms with E-state index in [9.17, 15) is 22.4 Å². The van der Waals surface area contributed by atoms with Gasteiger partial charge in [-0.05, 0) is 54.4 Å². The lowest BCUT2D eigenvalue weighted by Crippen LogP contribution is -2.45. The molecule has 294 valence electrons. The molecule has 1 saturated heterocycles. The van der Waals surface area contributed by atoms with Gasteiger partial charge in [0.15, 0.2) is 18.2 Å². The third-order valence-corrected chi connectivity index (χ3v) is 6.78. The summed E-state index contributed by atoms with van der Waals surface area (Å²) < 4.78 is 61.1. The Balaban J connectivity index is 0. The largest absolute Gasteiger partial charge is 0.481 e. The minimum absolute atomic E-state index is 0.00660. The van der Waals surface area contributed by atoms with Gasteiger partial charge in [0, 0.05) is 56.4 Å². The molecule has 0 atom stereocenters. The third kappa shape index (κ3) is 20.9. The molecule has 1 fully saturated rings. The van der Waals surface area contributed by atoms with Crippen LogP contribution in [-0.4, -0.2) is 60.0 Å². The number of nitrogens with zero attached hydrogens (tertiary/aromatic N) is 3. The normalized spacial score (nSPS) is 12.3. The molecule has 52 heavy (non-hydrogen) atoms. The molecular weight excluding hydrogens is 668 g/mol. The van der Waals surface area contributed by atoms with E-state index >= 15 is 0 Å². The van der Waals surface area contributed by atoms with Gasteiger partial charge in [-0.1, -0.05) is 113 Å². The van der Waals surface area contributed by atoms with Crippen LogP contribution in [0.25, 0.3) is 11.1 Å². The first-order chi connectivity index (χ1) is 25.0. The summed E-state index contributed by atoms with van der Waals surface area (Å²) in [7, 11) is 0. The molecule has 0 spiro atoms. The van der Waals surface area contributed by atoms with Gasteiger partial charge in [-0.25, -0.2) is 4.39 Å². The molecule has 10 heteroatoms. The second-order valence-corrected chi connectivity index (χ2v) is 11.3. The van der Waals surface area contributed by atoms with Gasteiger partial charge in [-0.15, -0.1) is 6.58 Å². The van der Waals surface area contributed by atoms with Crippen LogP contribution in [0.4, 0.5) is 23.2 Å². The molecule has 2 aromatic carbocycles. The number of benzene rings is 2. The summed E-state index contributed by atoms with van der Waals surface area (Å²) in [6.45, 7) is 27.8. The summed E-state index contributed by atoms with van der Waals surface area (Å²) in [5, 5.41) is 2.41. The number of alkyl halides is 3. The number of nitrogens with one attached hydrogen (secondary N) is 1. The van der Waals surface area contributed by atoms with Gasteiger partial charge in [0.2, 0.25) is 0 Å². The first kappa shape index (κ1) is 50.3. The molecule has 2 heterocycles. The minimum atomic E-state index is -4.57. The number of carbonyl (C=O) groups excluding carboxylic acids is 1. The molecule has 3 aromatic rings. The average molecular weight is 735 g/mol. The van der Waals surface area contributed by atoms with Crippen LogP contribution in [0.5, 0.6) is 5.75 Å². The zero-order chi connectivity index (χ0) is 40.0. The lowest BCUT2D eigenvalue weighted by Gasteiger charge is -2.34. The standard InChI is InChI=1S/C27H28F4N4O2.C5H10.2C3H8.2C2H6/c1-2-34-10-12-35(13-11-34)17-21-5-7-22(15-23(21)27(29,30)31)33-26(36)18-37-25-8-6-19(14-24(25)28)20-4-3-9-32-16-20;1-3-5-4-2;2*1-3-2;2*1-2/h3-9,14-16H,2,10-13,17-18H2,1H3,(H,33,36);3H,1,4-5H2,2H3;2*3H2,1-2H3;2*1-2H3. The Morgan fingerprint density at radius 3 is 1.94 bits per heavy atom. The number of unbranched alkanes of at least 4 members (excludes halogenated alkanes) is 1. The Hall–Kier alpha value is -3.76. The molecule has 4 rings (SSSR count). The Morgan fingerprint density at radius 1 is 0.885 bits per heavy atom. The van der Waals surface area contributed by atoms with Crippen LogP contribution in [0, 0.1) is 5.82 Å². The number of allylic oxidation sites excluding steroid dienone is 1. The second-order valence-electron chi connectivity index (χ2n) is 11.3. The van der Waals surface area contributed by atoms with E-state index in [0.29, 0.717) is 18.7 Å². The number of piperazine rings is 1. The SMILES string of the molecule is C=CCCC.CC.CC.CCC.CCC.CCN1CCN(Cc2ccc(NC(=O)COc3ccc(-c4cccnc4)cc3F)cc2C(F)(F)F)CC1. The topological polar surface area (TPSA) is 57.7 Å². The zero-order valence-electron chi connectivity index (χ0n) is 33.5. The van der Waals surface area contributed by atoms with E-state index in [1.807, 2.05) is 38.7 Å². The quantitative estimate of drug-likeness (QED) is 0.166. The predicted molar refractivity (Wildman–Crippen MR) is 212 cm³/mol. The van der Waals surface area contributed by atoms with E-state index in [1.54, 1.807) is 30.6 Å². The van der Waals surface area contributed by atoms with Gasteiger partial charge in [0.1, 0.15) is 0 Å². The summed E-state index contributed by atoms with van der Waals surface area (Å²) in [6.07, 6.45) is 5.44. The maximum absolute atomic E-state index is 14.5. The Morgan fingerprint density at radius 2 is 1.48 bits per heavy atom. The summed E-state index contributed by atoms with van der Waals surface area (Å²) in [6, 6.07) is 11.6. The highest BCUT2D eigenvalue weighted by molar-refractivity contribution is 5.92. The van der Waals surface area contributed by atoms with E-state index in [-0.39, 0.29) is 23.5 Å². The van der Waals surface area contributed by atoms with Crippen molar-refractivity contribution >= 4 is 11.6 Å². The van der Waals surface area contributed by atoms with E-state index in [0.717, 1.165) is 37.7 Å². The van der Waals surface area contributed by atoms with Gasteiger partial charge in [0.05, 0.1) is 5.56 Å². The average Bonchev–Trinajstić information content (AvgIpc) is 3.15. The lowest BCUT2D eigenvalue weighted by molar-refractivity contribution is -0.138. The molecule has 6 nitrogen and oxygen atoms in total. The number of carbonyl (C=O) groups is 1. The second kappa shape index (κ2) is 30.8. The predicted octanol–water partition coefficient (Wildman–Crippen LogP) is 11.9. The molecule has 1 aliphatic rings. The minimum Gasteiger partial charge on any atom is -0.481 e. The summed E-state index contributed by atoms with van der Waals surface area (Å²) in [5.41, 5.74) is 0.670. The lowest BCUT2D eigenvalue weighted by atomic mass is 10.0. The van der Waals surface area contributed by atoms with E-state index in [2.05, 4.69) is 63.3 Å². The monoisotopic (exact) mass is 735 g/mol. The van der Waals surface area contributed by atoms with Crippen LogP contribution >= 0.6 is 0 Å². The fraction of sp³-hybridized carbons (Fsp3) is 0.524. The maximum atomic E-state index is 14.5. The first-order valence-electron chi connectivity index (χ1n) is 18.9. The summed E-state index contributed by atoms with van der Waals surface area (Å²) in [4.78, 5) is 20.6. The van der Waals surface area contributed by atoms with Gasteiger partial charge in [-0.3, -0.25) is 14.7 Å². The van der Waals surface area contributed by atoms with Crippen molar-refractivity contribution in [1.29, 1.82) is 0 Å². The molecule has 1 amide bonds. The number of amides is 1. The third-order valence-electron chi connectivity index (χ3n) is 6.78. The number of aromatic nitrogens is 1. The van der Waals surface area contributed by atoms with E-state index in [4.69, 9.17) is 4.74 Å². The van der Waals surface area contributed by atoms with Gasteiger partial charge in [-0.2, -0.15) is 13.2 Å². The first-order valence-corrected chi connectivity index (χ1v) is 18.9. The van der Waals surface area contributed by atoms with Crippen LogP contribution in [0.15, 0.2) is 73.6 Å².